The summed E-state index contributed by atoms with van der Waals surface area (Å²) < 4.78 is 2.62. The molecule has 2 aliphatic rings. The molecule has 0 spiro atoms. The normalized spacial score (nSPS) is 16.1. The SMILES string of the molecule is Cc1nc2ccc(N3CCN(CCCn4n[n+]([O-])c5c4C(=O)c4ccccc4C5=O)CC3)cc2s1. The number of ketones is 2. The number of benzene rings is 2. The van der Waals surface area contributed by atoms with Gasteiger partial charge in [-0.25, -0.2) is 4.98 Å². The predicted molar refractivity (Wildman–Crippen MR) is 132 cm³/mol. The van der Waals surface area contributed by atoms with Gasteiger partial charge in [0, 0.05) is 56.0 Å². The summed E-state index contributed by atoms with van der Waals surface area (Å²) in [6, 6.07) is 13.1. The lowest BCUT2D eigenvalue weighted by Crippen LogP contribution is -2.46. The molecule has 0 radical (unpaired) electrons. The van der Waals surface area contributed by atoms with E-state index in [9.17, 15) is 14.8 Å². The van der Waals surface area contributed by atoms with Crippen LogP contribution < -0.4 is 9.75 Å². The lowest BCUT2D eigenvalue weighted by Gasteiger charge is -2.36. The Morgan fingerprint density at radius 2 is 1.74 bits per heavy atom. The summed E-state index contributed by atoms with van der Waals surface area (Å²) in [6.45, 7) is 7.00. The zero-order valence-corrected chi connectivity index (χ0v) is 20.1. The van der Waals surface area contributed by atoms with Crippen LogP contribution >= 0.6 is 11.3 Å². The maximum Gasteiger partial charge on any atom is 0.254 e. The number of piperazine rings is 1. The maximum absolute atomic E-state index is 13.0. The Morgan fingerprint density at radius 1 is 1.00 bits per heavy atom. The first kappa shape index (κ1) is 21.9. The van der Waals surface area contributed by atoms with E-state index in [1.54, 1.807) is 35.6 Å². The number of aromatic nitrogens is 4. The van der Waals surface area contributed by atoms with Crippen LogP contribution in [0.3, 0.4) is 0 Å². The number of hydrogen-bond acceptors (Lipinski definition) is 8. The quantitative estimate of drug-likeness (QED) is 0.277. The molecule has 1 aliphatic carbocycles. The van der Waals surface area contributed by atoms with Crippen LogP contribution in [0.1, 0.15) is 43.5 Å². The van der Waals surface area contributed by atoms with Gasteiger partial charge in [0.15, 0.2) is 0 Å². The van der Waals surface area contributed by atoms with Crippen molar-refractivity contribution in [1.29, 1.82) is 0 Å². The third-order valence-corrected chi connectivity index (χ3v) is 7.70. The second-order valence-electron chi connectivity index (χ2n) is 8.95. The summed E-state index contributed by atoms with van der Waals surface area (Å²) in [7, 11) is 0. The summed E-state index contributed by atoms with van der Waals surface area (Å²) >= 11 is 1.72. The molecule has 0 unspecified atom stereocenters. The Balaban J connectivity index is 1.08. The molecule has 2 aromatic heterocycles. The van der Waals surface area contributed by atoms with E-state index in [2.05, 4.69) is 38.2 Å². The molecule has 0 atom stereocenters. The zero-order valence-electron chi connectivity index (χ0n) is 19.3. The fourth-order valence-corrected chi connectivity index (χ4v) is 5.87. The fourth-order valence-electron chi connectivity index (χ4n) is 5.01. The van der Waals surface area contributed by atoms with E-state index in [0.29, 0.717) is 17.0 Å². The van der Waals surface area contributed by atoms with E-state index in [1.165, 1.54) is 15.1 Å². The number of carbonyl (C=O) groups excluding carboxylic acids is 2. The van der Waals surface area contributed by atoms with Gasteiger partial charge in [-0.15, -0.1) is 20.9 Å². The largest absolute Gasteiger partial charge is 0.691 e. The molecule has 178 valence electrons. The molecule has 1 fully saturated rings. The van der Waals surface area contributed by atoms with Gasteiger partial charge in [-0.1, -0.05) is 24.3 Å². The van der Waals surface area contributed by atoms with E-state index in [0.717, 1.165) is 49.7 Å². The first-order chi connectivity index (χ1) is 17.0. The van der Waals surface area contributed by atoms with Crippen LogP contribution in [0, 0.1) is 12.1 Å². The number of thiazole rings is 1. The number of anilines is 1. The lowest BCUT2D eigenvalue weighted by molar-refractivity contribution is -0.672. The molecule has 35 heavy (non-hydrogen) atoms. The Hall–Kier alpha value is -3.63. The molecule has 0 bridgehead atoms. The molecule has 0 N–H and O–H groups in total. The second-order valence-corrected chi connectivity index (χ2v) is 10.2. The average molecular weight is 489 g/mol. The van der Waals surface area contributed by atoms with Gasteiger partial charge in [-0.05, 0) is 25.1 Å². The van der Waals surface area contributed by atoms with Crippen LogP contribution in [0.25, 0.3) is 10.2 Å². The highest BCUT2D eigenvalue weighted by molar-refractivity contribution is 7.18. The van der Waals surface area contributed by atoms with Gasteiger partial charge >= 0.3 is 0 Å². The number of hydrogen-bond donors (Lipinski definition) is 0. The summed E-state index contributed by atoms with van der Waals surface area (Å²) in [4.78, 5) is 35.4. The monoisotopic (exact) mass is 488 g/mol. The summed E-state index contributed by atoms with van der Waals surface area (Å²) in [5, 5.41) is 17.4. The molecule has 10 heteroatoms. The van der Waals surface area contributed by atoms with E-state index in [-0.39, 0.29) is 22.7 Å². The van der Waals surface area contributed by atoms with E-state index >= 15 is 0 Å². The van der Waals surface area contributed by atoms with Gasteiger partial charge in [0.2, 0.25) is 11.6 Å². The molecular weight excluding hydrogens is 464 g/mol. The number of nitrogens with zero attached hydrogens (tertiary/aromatic N) is 6. The Bertz CT molecular complexity index is 1470. The topological polar surface area (TPSA) is 98.3 Å². The van der Waals surface area contributed by atoms with Crippen molar-refractivity contribution in [3.8, 4) is 0 Å². The summed E-state index contributed by atoms with van der Waals surface area (Å²) in [5.41, 5.74) is 2.80. The van der Waals surface area contributed by atoms with Crippen molar-refractivity contribution in [1.82, 2.24) is 19.8 Å². The smallest absolute Gasteiger partial charge is 0.254 e. The van der Waals surface area contributed by atoms with Gasteiger partial charge < -0.3 is 10.1 Å². The third kappa shape index (κ3) is 3.78. The van der Waals surface area contributed by atoms with Crippen molar-refractivity contribution in [2.24, 2.45) is 0 Å². The highest BCUT2D eigenvalue weighted by atomic mass is 32.1. The van der Waals surface area contributed by atoms with Crippen LogP contribution in [-0.4, -0.2) is 64.1 Å². The van der Waals surface area contributed by atoms with Crippen LogP contribution in [0.5, 0.6) is 0 Å². The zero-order chi connectivity index (χ0) is 24.1. The Kier molecular flexibility index (Phi) is 5.34. The molecule has 0 saturated carbocycles. The molecule has 2 aromatic carbocycles. The van der Waals surface area contributed by atoms with Gasteiger partial charge in [0.1, 0.15) is 6.54 Å². The van der Waals surface area contributed by atoms with Crippen molar-refractivity contribution < 1.29 is 14.4 Å². The first-order valence-electron chi connectivity index (χ1n) is 11.7. The van der Waals surface area contributed by atoms with Gasteiger partial charge in [0.05, 0.1) is 20.4 Å². The van der Waals surface area contributed by atoms with Crippen molar-refractivity contribution in [3.63, 3.8) is 0 Å². The van der Waals surface area contributed by atoms with E-state index < -0.39 is 5.78 Å². The number of aryl methyl sites for hydroxylation is 2. The first-order valence-corrected chi connectivity index (χ1v) is 12.5. The molecule has 1 aliphatic heterocycles. The molecule has 1 saturated heterocycles. The van der Waals surface area contributed by atoms with Crippen LogP contribution in [0.2, 0.25) is 0 Å². The van der Waals surface area contributed by atoms with Crippen molar-refractivity contribution in [2.75, 3.05) is 37.6 Å². The van der Waals surface area contributed by atoms with Crippen LogP contribution in [-0.2, 0) is 6.54 Å². The Morgan fingerprint density at radius 3 is 2.51 bits per heavy atom. The molecule has 0 amide bonds. The van der Waals surface area contributed by atoms with Crippen molar-refractivity contribution >= 4 is 38.8 Å². The van der Waals surface area contributed by atoms with Crippen molar-refractivity contribution in [2.45, 2.75) is 19.9 Å². The van der Waals surface area contributed by atoms with Gasteiger partial charge in [-0.2, -0.15) is 0 Å². The Labute approximate surface area is 205 Å². The number of rotatable bonds is 5. The lowest BCUT2D eigenvalue weighted by atomic mass is 9.90. The second kappa shape index (κ2) is 8.54. The van der Waals surface area contributed by atoms with Crippen molar-refractivity contribution in [3.05, 3.63) is 75.2 Å². The number of fused-ring (bicyclic) bond motifs is 3. The molecule has 4 aromatic rings. The fraction of sp³-hybridized carbons (Fsp3) is 0.320. The highest BCUT2D eigenvalue weighted by Gasteiger charge is 2.41. The van der Waals surface area contributed by atoms with Gasteiger partial charge in [-0.3, -0.25) is 14.5 Å². The van der Waals surface area contributed by atoms with Crippen LogP contribution in [0.4, 0.5) is 5.69 Å². The minimum Gasteiger partial charge on any atom is -0.691 e. The predicted octanol–water partition coefficient (Wildman–Crippen LogP) is 2.42. The van der Waals surface area contributed by atoms with Crippen LogP contribution in [0.15, 0.2) is 42.5 Å². The standard InChI is InChI=1S/C25H24N6O3S/c1-16-26-20-8-7-17(15-21(20)35-16)29-13-11-28(12-14-29)9-4-10-30-22-23(31(34)27-30)25(33)19-6-3-2-5-18(19)24(22)32/h2-3,5-8,15H,4,9-14H2,1H3. The maximum atomic E-state index is 13.0. The molecular formula is C25H24N6O3S. The summed E-state index contributed by atoms with van der Waals surface area (Å²) in [5.74, 6) is -0.765. The summed E-state index contributed by atoms with van der Waals surface area (Å²) in [6.07, 6.45) is 0.726. The minimum absolute atomic E-state index is 0.0993. The number of carbonyl (C=O) groups is 2. The van der Waals surface area contributed by atoms with Gasteiger partial charge in [0.25, 0.3) is 11.4 Å². The molecule has 3 heterocycles. The third-order valence-electron chi connectivity index (χ3n) is 6.77. The average Bonchev–Trinajstić information content (AvgIpc) is 3.41. The molecule has 9 nitrogen and oxygen atoms in total. The highest BCUT2D eigenvalue weighted by Crippen LogP contribution is 2.28. The molecule has 6 rings (SSSR count). The van der Waals surface area contributed by atoms with E-state index in [1.807, 2.05) is 6.92 Å². The minimum atomic E-state index is -0.445. The van der Waals surface area contributed by atoms with E-state index in [4.69, 9.17) is 0 Å².